The van der Waals surface area contributed by atoms with Crippen molar-refractivity contribution < 1.29 is 5.21 Å². The summed E-state index contributed by atoms with van der Waals surface area (Å²) in [4.78, 5) is 8.36. The van der Waals surface area contributed by atoms with Crippen molar-refractivity contribution in [2.45, 2.75) is 12.8 Å². The molecule has 2 heterocycles. The molecule has 0 saturated heterocycles. The Hall–Kier alpha value is -1.46. The Morgan fingerprint density at radius 3 is 3.00 bits per heavy atom. The molecule has 2 aromatic heterocycles. The molecule has 1 N–H and O–H groups in total. The van der Waals surface area contributed by atoms with Crippen molar-refractivity contribution >= 4 is 30.0 Å². The zero-order valence-electron chi connectivity index (χ0n) is 8.98. The van der Waals surface area contributed by atoms with Gasteiger partial charge in [-0.15, -0.1) is 23.7 Å². The fraction of sp³-hybridized carbons (Fsp3) is 0.182. The van der Waals surface area contributed by atoms with E-state index < -0.39 is 0 Å². The second-order valence-corrected chi connectivity index (χ2v) is 4.17. The minimum Gasteiger partial charge on any atom is -0.411 e. The number of halogens is 1. The van der Waals surface area contributed by atoms with Crippen LogP contribution in [0.2, 0.25) is 0 Å². The van der Waals surface area contributed by atoms with Crippen molar-refractivity contribution in [3.8, 4) is 0 Å². The van der Waals surface area contributed by atoms with Gasteiger partial charge in [0.1, 0.15) is 11.2 Å². The van der Waals surface area contributed by atoms with Crippen LogP contribution in [-0.2, 0) is 12.8 Å². The Balaban J connectivity index is 0.00000144. The molecule has 0 radical (unpaired) electrons. The van der Waals surface area contributed by atoms with Crippen molar-refractivity contribution in [2.24, 2.45) is 5.16 Å². The van der Waals surface area contributed by atoms with Gasteiger partial charge in [0.2, 0.25) is 0 Å². The number of hydrogen-bond donors (Lipinski definition) is 1. The van der Waals surface area contributed by atoms with E-state index in [1.54, 1.807) is 6.20 Å². The van der Waals surface area contributed by atoms with Crippen LogP contribution in [0, 0.1) is 0 Å². The van der Waals surface area contributed by atoms with Crippen molar-refractivity contribution in [3.05, 3.63) is 46.2 Å². The molecule has 0 amide bonds. The first kappa shape index (κ1) is 13.6. The Morgan fingerprint density at radius 1 is 1.41 bits per heavy atom. The third-order valence-electron chi connectivity index (χ3n) is 2.13. The molecule has 0 unspecified atom stereocenters. The lowest BCUT2D eigenvalue weighted by atomic mass is 10.1. The maximum atomic E-state index is 8.36. The predicted molar refractivity (Wildman–Crippen MR) is 70.4 cm³/mol. The molecular formula is C11H12ClN3OS. The number of pyridine rings is 1. The number of aryl methyl sites for hydroxylation is 2. The summed E-state index contributed by atoms with van der Waals surface area (Å²) in [5.74, 6) is 0. The molecule has 17 heavy (non-hydrogen) atoms. The molecule has 90 valence electrons. The Bertz CT molecular complexity index is 473. The minimum atomic E-state index is 0. The summed E-state index contributed by atoms with van der Waals surface area (Å²) < 4.78 is 0. The van der Waals surface area contributed by atoms with Crippen LogP contribution in [0.3, 0.4) is 0 Å². The maximum Gasteiger partial charge on any atom is 0.138 e. The number of rotatable bonds is 4. The number of aromatic nitrogens is 2. The molecule has 0 aromatic carbocycles. The summed E-state index contributed by atoms with van der Waals surface area (Å²) in [7, 11) is 0. The largest absolute Gasteiger partial charge is 0.411 e. The molecule has 0 aliphatic rings. The Labute approximate surface area is 109 Å². The smallest absolute Gasteiger partial charge is 0.138 e. The summed E-state index contributed by atoms with van der Waals surface area (Å²) in [6, 6.07) is 3.98. The van der Waals surface area contributed by atoms with Crippen LogP contribution in [0.4, 0.5) is 0 Å². The lowest BCUT2D eigenvalue weighted by Gasteiger charge is -1.97. The summed E-state index contributed by atoms with van der Waals surface area (Å²) in [5, 5.41) is 14.0. The minimum absolute atomic E-state index is 0. The zero-order valence-corrected chi connectivity index (χ0v) is 10.6. The maximum absolute atomic E-state index is 8.36. The van der Waals surface area contributed by atoms with E-state index >= 15 is 0 Å². The van der Waals surface area contributed by atoms with Gasteiger partial charge in [-0.1, -0.05) is 11.2 Å². The average Bonchev–Trinajstić information content (AvgIpc) is 2.76. The van der Waals surface area contributed by atoms with E-state index in [0.29, 0.717) is 0 Å². The number of oxime groups is 1. The first-order valence-electron chi connectivity index (χ1n) is 4.89. The van der Waals surface area contributed by atoms with Gasteiger partial charge in [0.05, 0.1) is 5.69 Å². The summed E-state index contributed by atoms with van der Waals surface area (Å²) in [5.41, 5.74) is 2.22. The summed E-state index contributed by atoms with van der Waals surface area (Å²) >= 11 is 1.47. The fourth-order valence-corrected chi connectivity index (χ4v) is 2.07. The zero-order chi connectivity index (χ0) is 11.2. The highest BCUT2D eigenvalue weighted by molar-refractivity contribution is 7.11. The summed E-state index contributed by atoms with van der Waals surface area (Å²) in [6.07, 6.45) is 6.78. The topological polar surface area (TPSA) is 58.4 Å². The van der Waals surface area contributed by atoms with E-state index in [4.69, 9.17) is 5.21 Å². The molecule has 0 fully saturated rings. The highest BCUT2D eigenvalue weighted by Gasteiger charge is 2.00. The van der Waals surface area contributed by atoms with Crippen LogP contribution in [-0.4, -0.2) is 21.4 Å². The van der Waals surface area contributed by atoms with E-state index in [1.807, 2.05) is 17.6 Å². The van der Waals surface area contributed by atoms with Gasteiger partial charge >= 0.3 is 0 Å². The van der Waals surface area contributed by atoms with Crippen molar-refractivity contribution in [1.82, 2.24) is 9.97 Å². The molecule has 2 rings (SSSR count). The fourth-order valence-electron chi connectivity index (χ4n) is 1.36. The van der Waals surface area contributed by atoms with Gasteiger partial charge in [-0.3, -0.25) is 4.98 Å². The van der Waals surface area contributed by atoms with E-state index in [1.165, 1.54) is 23.1 Å². The third kappa shape index (κ3) is 4.13. The molecule has 2 aromatic rings. The van der Waals surface area contributed by atoms with Gasteiger partial charge in [0.15, 0.2) is 0 Å². The Morgan fingerprint density at radius 2 is 2.29 bits per heavy atom. The predicted octanol–water partition coefficient (Wildman–Crippen LogP) is 2.55. The SMILES string of the molecule is Cl.ON=Cc1nc(CCc2cccnc2)cs1. The standard InChI is InChI=1S/C11H11N3OS.ClH/c15-13-7-11-14-10(8-16-11)4-3-9-2-1-5-12-6-9;/h1-2,5-8,15H,3-4H2;1H. The summed E-state index contributed by atoms with van der Waals surface area (Å²) in [6.45, 7) is 0. The first-order chi connectivity index (χ1) is 7.88. The van der Waals surface area contributed by atoms with E-state index in [-0.39, 0.29) is 12.4 Å². The average molecular weight is 270 g/mol. The van der Waals surface area contributed by atoms with Gasteiger partial charge in [-0.2, -0.15) is 0 Å². The highest BCUT2D eigenvalue weighted by atomic mass is 35.5. The molecule has 0 aliphatic heterocycles. The van der Waals surface area contributed by atoms with Crippen LogP contribution in [0.5, 0.6) is 0 Å². The monoisotopic (exact) mass is 269 g/mol. The molecule has 4 nitrogen and oxygen atoms in total. The number of nitrogens with zero attached hydrogens (tertiary/aromatic N) is 3. The van der Waals surface area contributed by atoms with Crippen LogP contribution >= 0.6 is 23.7 Å². The van der Waals surface area contributed by atoms with Gasteiger partial charge in [-0.25, -0.2) is 4.98 Å². The molecule has 0 saturated carbocycles. The van der Waals surface area contributed by atoms with Crippen molar-refractivity contribution in [2.75, 3.05) is 0 Å². The van der Waals surface area contributed by atoms with Crippen molar-refractivity contribution in [1.29, 1.82) is 0 Å². The van der Waals surface area contributed by atoms with E-state index in [0.717, 1.165) is 23.5 Å². The molecule has 0 aliphatic carbocycles. The number of hydrogen-bond acceptors (Lipinski definition) is 5. The van der Waals surface area contributed by atoms with E-state index in [2.05, 4.69) is 21.2 Å². The van der Waals surface area contributed by atoms with Crippen LogP contribution < -0.4 is 0 Å². The quantitative estimate of drug-likeness (QED) is 0.527. The van der Waals surface area contributed by atoms with Gasteiger partial charge in [0, 0.05) is 17.8 Å². The molecular weight excluding hydrogens is 258 g/mol. The lowest BCUT2D eigenvalue weighted by molar-refractivity contribution is 0.322. The first-order valence-corrected chi connectivity index (χ1v) is 5.77. The molecule has 0 atom stereocenters. The normalized spacial score (nSPS) is 10.4. The molecule has 0 bridgehead atoms. The second kappa shape index (κ2) is 6.98. The molecule has 6 heteroatoms. The van der Waals surface area contributed by atoms with Crippen LogP contribution in [0.25, 0.3) is 0 Å². The molecule has 0 spiro atoms. The van der Waals surface area contributed by atoms with Crippen molar-refractivity contribution in [3.63, 3.8) is 0 Å². The van der Waals surface area contributed by atoms with Gasteiger partial charge in [0.25, 0.3) is 0 Å². The van der Waals surface area contributed by atoms with Gasteiger partial charge < -0.3 is 5.21 Å². The van der Waals surface area contributed by atoms with E-state index in [9.17, 15) is 0 Å². The Kier molecular flexibility index (Phi) is 5.59. The number of thiazole rings is 1. The van der Waals surface area contributed by atoms with Crippen LogP contribution in [0.1, 0.15) is 16.3 Å². The lowest BCUT2D eigenvalue weighted by Crippen LogP contribution is -1.92. The second-order valence-electron chi connectivity index (χ2n) is 3.28. The highest BCUT2D eigenvalue weighted by Crippen LogP contribution is 2.10. The van der Waals surface area contributed by atoms with Gasteiger partial charge in [-0.05, 0) is 24.5 Å². The third-order valence-corrected chi connectivity index (χ3v) is 2.96. The van der Waals surface area contributed by atoms with Crippen LogP contribution in [0.15, 0.2) is 35.1 Å².